The Morgan fingerprint density at radius 1 is 1.15 bits per heavy atom. The Kier molecular flexibility index (Phi) is 5.99. The van der Waals surface area contributed by atoms with E-state index in [9.17, 15) is 9.59 Å². The SMILES string of the molecule is Cc1ccc(C(=O)OOOC(=O)OCC(C)C)c(C)c1. The third kappa shape index (κ3) is 5.27. The summed E-state index contributed by atoms with van der Waals surface area (Å²) in [5.74, 6) is -0.584. The van der Waals surface area contributed by atoms with Crippen LogP contribution in [-0.2, 0) is 19.6 Å². The van der Waals surface area contributed by atoms with Gasteiger partial charge in [-0.1, -0.05) is 31.5 Å². The summed E-state index contributed by atoms with van der Waals surface area (Å²) in [4.78, 5) is 31.2. The third-order valence-electron chi connectivity index (χ3n) is 2.35. The maximum absolute atomic E-state index is 11.6. The van der Waals surface area contributed by atoms with Crippen LogP contribution in [0, 0.1) is 19.8 Å². The topological polar surface area (TPSA) is 71.1 Å². The summed E-state index contributed by atoms with van der Waals surface area (Å²) in [5.41, 5.74) is 2.09. The zero-order chi connectivity index (χ0) is 15.1. The van der Waals surface area contributed by atoms with E-state index in [1.807, 2.05) is 26.8 Å². The van der Waals surface area contributed by atoms with Crippen LogP contribution in [0.4, 0.5) is 4.79 Å². The quantitative estimate of drug-likeness (QED) is 0.469. The molecule has 0 atom stereocenters. The van der Waals surface area contributed by atoms with Gasteiger partial charge in [0.2, 0.25) is 0 Å². The van der Waals surface area contributed by atoms with Crippen LogP contribution < -0.4 is 0 Å². The lowest BCUT2D eigenvalue weighted by Gasteiger charge is -2.07. The fraction of sp³-hybridized carbons (Fsp3) is 0.429. The van der Waals surface area contributed by atoms with E-state index < -0.39 is 12.1 Å². The van der Waals surface area contributed by atoms with Crippen LogP contribution in [0.25, 0.3) is 0 Å². The number of hydrogen-bond acceptors (Lipinski definition) is 6. The van der Waals surface area contributed by atoms with Crippen molar-refractivity contribution < 1.29 is 29.1 Å². The van der Waals surface area contributed by atoms with Crippen LogP contribution in [-0.4, -0.2) is 18.7 Å². The molecule has 1 aromatic carbocycles. The molecule has 1 aromatic rings. The first-order valence-corrected chi connectivity index (χ1v) is 6.19. The molecule has 0 aliphatic heterocycles. The second-order valence-corrected chi connectivity index (χ2v) is 4.80. The summed E-state index contributed by atoms with van der Waals surface area (Å²) >= 11 is 0. The highest BCUT2D eigenvalue weighted by atomic mass is 17.5. The Balaban J connectivity index is 2.38. The molecule has 0 aliphatic rings. The van der Waals surface area contributed by atoms with Gasteiger partial charge in [0.15, 0.2) is 0 Å². The van der Waals surface area contributed by atoms with Crippen molar-refractivity contribution >= 4 is 12.1 Å². The number of ether oxygens (including phenoxy) is 1. The molecule has 0 aliphatic carbocycles. The van der Waals surface area contributed by atoms with Gasteiger partial charge in [-0.2, -0.15) is 0 Å². The van der Waals surface area contributed by atoms with E-state index in [0.29, 0.717) is 5.56 Å². The Hall–Kier alpha value is -2.08. The Morgan fingerprint density at radius 2 is 1.85 bits per heavy atom. The van der Waals surface area contributed by atoms with E-state index in [0.717, 1.165) is 11.1 Å². The highest BCUT2D eigenvalue weighted by molar-refractivity contribution is 5.90. The van der Waals surface area contributed by atoms with Gasteiger partial charge in [-0.25, -0.2) is 14.5 Å². The summed E-state index contributed by atoms with van der Waals surface area (Å²) in [7, 11) is 0. The smallest absolute Gasteiger partial charge is 0.432 e. The molecule has 0 saturated carbocycles. The fourth-order valence-electron chi connectivity index (χ4n) is 1.42. The molecule has 6 heteroatoms. The zero-order valence-corrected chi connectivity index (χ0v) is 12.0. The number of aryl methyl sites for hydroxylation is 2. The van der Waals surface area contributed by atoms with Crippen molar-refractivity contribution in [1.82, 2.24) is 0 Å². The molecule has 0 unspecified atom stereocenters. The summed E-state index contributed by atoms with van der Waals surface area (Å²) < 4.78 is 4.65. The van der Waals surface area contributed by atoms with Gasteiger partial charge in [0.05, 0.1) is 17.2 Å². The zero-order valence-electron chi connectivity index (χ0n) is 12.0. The first-order valence-electron chi connectivity index (χ1n) is 6.19. The highest BCUT2D eigenvalue weighted by Crippen LogP contribution is 2.12. The molecular formula is C14H18O6. The van der Waals surface area contributed by atoms with Crippen LogP contribution in [0.15, 0.2) is 18.2 Å². The minimum absolute atomic E-state index is 0.167. The number of hydrogen-bond donors (Lipinski definition) is 0. The van der Waals surface area contributed by atoms with Gasteiger partial charge < -0.3 is 4.74 Å². The van der Waals surface area contributed by atoms with Gasteiger partial charge in [0.1, 0.15) is 0 Å². The van der Waals surface area contributed by atoms with Crippen LogP contribution in [0.3, 0.4) is 0 Å². The van der Waals surface area contributed by atoms with Crippen molar-refractivity contribution in [1.29, 1.82) is 0 Å². The number of rotatable bonds is 5. The van der Waals surface area contributed by atoms with Crippen molar-refractivity contribution in [3.05, 3.63) is 34.9 Å². The lowest BCUT2D eigenvalue weighted by molar-refractivity contribution is -0.452. The number of benzene rings is 1. The molecule has 0 aromatic heterocycles. The average molecular weight is 282 g/mol. The minimum atomic E-state index is -1.06. The lowest BCUT2D eigenvalue weighted by Crippen LogP contribution is -2.14. The van der Waals surface area contributed by atoms with Crippen molar-refractivity contribution in [2.45, 2.75) is 27.7 Å². The average Bonchev–Trinajstić information content (AvgIpc) is 2.36. The molecule has 0 saturated heterocycles. The van der Waals surface area contributed by atoms with Crippen LogP contribution in [0.2, 0.25) is 0 Å². The van der Waals surface area contributed by atoms with E-state index in [1.165, 1.54) is 0 Å². The predicted molar refractivity (Wildman–Crippen MR) is 69.7 cm³/mol. The molecule has 0 fully saturated rings. The molecule has 0 heterocycles. The molecule has 0 radical (unpaired) electrons. The first-order chi connectivity index (χ1) is 9.40. The minimum Gasteiger partial charge on any atom is -0.432 e. The van der Waals surface area contributed by atoms with Crippen molar-refractivity contribution in [2.75, 3.05) is 6.61 Å². The van der Waals surface area contributed by atoms with Crippen molar-refractivity contribution in [3.8, 4) is 0 Å². The fourth-order valence-corrected chi connectivity index (χ4v) is 1.42. The Bertz CT molecular complexity index is 481. The monoisotopic (exact) mass is 282 g/mol. The van der Waals surface area contributed by atoms with Gasteiger partial charge >= 0.3 is 12.1 Å². The molecule has 6 nitrogen and oxygen atoms in total. The lowest BCUT2D eigenvalue weighted by atomic mass is 10.1. The van der Waals surface area contributed by atoms with Gasteiger partial charge in [-0.15, -0.1) is 0 Å². The standard InChI is InChI=1S/C14H18O6/c1-9(2)8-17-14(16)19-20-18-13(15)12-6-5-10(3)7-11(12)4/h5-7,9H,8H2,1-4H3. The summed E-state index contributed by atoms with van der Waals surface area (Å²) in [6.45, 7) is 7.60. The van der Waals surface area contributed by atoms with Crippen LogP contribution >= 0.6 is 0 Å². The third-order valence-corrected chi connectivity index (χ3v) is 2.35. The number of carbonyl (C=O) groups excluding carboxylic acids is 2. The predicted octanol–water partition coefficient (Wildman–Crippen LogP) is 3.12. The Morgan fingerprint density at radius 3 is 2.45 bits per heavy atom. The second-order valence-electron chi connectivity index (χ2n) is 4.80. The molecule has 0 N–H and O–H groups in total. The molecule has 0 spiro atoms. The van der Waals surface area contributed by atoms with Gasteiger partial charge in [-0.05, 0) is 31.4 Å². The summed E-state index contributed by atoms with van der Waals surface area (Å²) in [5, 5.41) is 4.11. The van der Waals surface area contributed by atoms with E-state index in [1.54, 1.807) is 19.1 Å². The molecule has 110 valence electrons. The van der Waals surface area contributed by atoms with Crippen LogP contribution in [0.1, 0.15) is 35.3 Å². The highest BCUT2D eigenvalue weighted by Gasteiger charge is 2.14. The van der Waals surface area contributed by atoms with Crippen molar-refractivity contribution in [3.63, 3.8) is 0 Å². The molecule has 1 rings (SSSR count). The van der Waals surface area contributed by atoms with E-state index in [-0.39, 0.29) is 12.5 Å². The van der Waals surface area contributed by atoms with Crippen LogP contribution in [0.5, 0.6) is 0 Å². The van der Waals surface area contributed by atoms with E-state index >= 15 is 0 Å². The maximum Gasteiger partial charge on any atom is 0.543 e. The summed E-state index contributed by atoms with van der Waals surface area (Å²) in [6.07, 6.45) is -1.06. The van der Waals surface area contributed by atoms with E-state index in [4.69, 9.17) is 0 Å². The van der Waals surface area contributed by atoms with Gasteiger partial charge in [0.25, 0.3) is 0 Å². The Labute approximate surface area is 117 Å². The largest absolute Gasteiger partial charge is 0.543 e. The normalized spacial score (nSPS) is 10.2. The van der Waals surface area contributed by atoms with E-state index in [2.05, 4.69) is 19.6 Å². The van der Waals surface area contributed by atoms with Gasteiger partial charge in [0, 0.05) is 0 Å². The molecule has 0 bridgehead atoms. The van der Waals surface area contributed by atoms with Crippen molar-refractivity contribution in [2.24, 2.45) is 5.92 Å². The first kappa shape index (κ1) is 16.0. The molecular weight excluding hydrogens is 264 g/mol. The van der Waals surface area contributed by atoms with Gasteiger partial charge in [-0.3, -0.25) is 4.89 Å². The second kappa shape index (κ2) is 7.49. The molecule has 0 amide bonds. The molecule has 20 heavy (non-hydrogen) atoms. The number of carbonyl (C=O) groups is 2. The summed E-state index contributed by atoms with van der Waals surface area (Å²) in [6, 6.07) is 5.20. The maximum atomic E-state index is 11.6.